The van der Waals surface area contributed by atoms with Gasteiger partial charge in [-0.05, 0) is 37.5 Å². The first-order valence-electron chi connectivity index (χ1n) is 6.11. The van der Waals surface area contributed by atoms with Crippen LogP contribution in [0.4, 0.5) is 0 Å². The van der Waals surface area contributed by atoms with Gasteiger partial charge in [0.2, 0.25) is 0 Å². The highest BCUT2D eigenvalue weighted by atomic mass is 16.5. The Morgan fingerprint density at radius 2 is 1.87 bits per heavy atom. The second-order valence-electron chi connectivity index (χ2n) is 5.34. The standard InChI is InChI=1S/C13H18O2/c14-11-13-7-3-1-5-12(13,9-10-15-11)6-2-4-8-13/h1,3H,2,4-10H2. The first-order chi connectivity index (χ1) is 7.29. The van der Waals surface area contributed by atoms with E-state index in [-0.39, 0.29) is 16.8 Å². The fourth-order valence-corrected chi connectivity index (χ4v) is 3.95. The van der Waals surface area contributed by atoms with Crippen molar-refractivity contribution in [3.63, 3.8) is 0 Å². The van der Waals surface area contributed by atoms with E-state index >= 15 is 0 Å². The maximum absolute atomic E-state index is 12.1. The molecule has 0 radical (unpaired) electrons. The highest BCUT2D eigenvalue weighted by molar-refractivity contribution is 5.79. The van der Waals surface area contributed by atoms with E-state index in [2.05, 4.69) is 12.2 Å². The molecule has 2 unspecified atom stereocenters. The highest BCUT2D eigenvalue weighted by Gasteiger charge is 2.59. The zero-order valence-electron chi connectivity index (χ0n) is 9.13. The smallest absolute Gasteiger partial charge is 0.312 e. The molecule has 0 aromatic rings. The summed E-state index contributed by atoms with van der Waals surface area (Å²) in [5.41, 5.74) is 0.119. The third-order valence-corrected chi connectivity index (χ3v) is 4.87. The van der Waals surface area contributed by atoms with Crippen molar-refractivity contribution in [3.05, 3.63) is 12.2 Å². The quantitative estimate of drug-likeness (QED) is 0.450. The molecule has 2 fully saturated rings. The van der Waals surface area contributed by atoms with E-state index in [1.807, 2.05) is 0 Å². The number of hydrogen-bond donors (Lipinski definition) is 0. The average molecular weight is 206 g/mol. The molecule has 0 bridgehead atoms. The fraction of sp³-hybridized carbons (Fsp3) is 0.769. The molecular formula is C13H18O2. The molecule has 82 valence electrons. The lowest BCUT2D eigenvalue weighted by Gasteiger charge is -2.55. The van der Waals surface area contributed by atoms with E-state index in [4.69, 9.17) is 4.74 Å². The SMILES string of the molecule is O=C1OCCC23CC=CCC12CCCC3. The lowest BCUT2D eigenvalue weighted by Crippen LogP contribution is -2.55. The van der Waals surface area contributed by atoms with Crippen molar-refractivity contribution in [2.45, 2.75) is 44.9 Å². The van der Waals surface area contributed by atoms with E-state index in [9.17, 15) is 4.79 Å². The Kier molecular flexibility index (Phi) is 1.95. The van der Waals surface area contributed by atoms with Gasteiger partial charge in [-0.2, -0.15) is 0 Å². The molecule has 3 rings (SSSR count). The number of esters is 1. The third kappa shape index (κ3) is 1.08. The van der Waals surface area contributed by atoms with Crippen molar-refractivity contribution in [1.82, 2.24) is 0 Å². The number of hydrogen-bond acceptors (Lipinski definition) is 2. The predicted molar refractivity (Wildman–Crippen MR) is 57.3 cm³/mol. The summed E-state index contributed by atoms with van der Waals surface area (Å²) in [5, 5.41) is 0. The largest absolute Gasteiger partial charge is 0.465 e. The maximum Gasteiger partial charge on any atom is 0.312 e. The molecule has 15 heavy (non-hydrogen) atoms. The Morgan fingerprint density at radius 3 is 2.73 bits per heavy atom. The van der Waals surface area contributed by atoms with Crippen LogP contribution < -0.4 is 0 Å². The van der Waals surface area contributed by atoms with Gasteiger partial charge < -0.3 is 4.74 Å². The van der Waals surface area contributed by atoms with Crippen LogP contribution in [0.1, 0.15) is 44.9 Å². The molecular weight excluding hydrogens is 188 g/mol. The lowest BCUT2D eigenvalue weighted by molar-refractivity contribution is -0.186. The molecule has 3 aliphatic rings. The topological polar surface area (TPSA) is 26.3 Å². The van der Waals surface area contributed by atoms with Gasteiger partial charge in [0, 0.05) is 0 Å². The zero-order chi connectivity index (χ0) is 10.4. The van der Waals surface area contributed by atoms with Crippen molar-refractivity contribution >= 4 is 5.97 Å². The zero-order valence-corrected chi connectivity index (χ0v) is 9.13. The minimum atomic E-state index is -0.141. The van der Waals surface area contributed by atoms with E-state index < -0.39 is 0 Å². The third-order valence-electron chi connectivity index (χ3n) is 4.87. The van der Waals surface area contributed by atoms with E-state index in [1.165, 1.54) is 19.3 Å². The number of carbonyl (C=O) groups excluding carboxylic acids is 1. The van der Waals surface area contributed by atoms with Crippen LogP contribution in [-0.4, -0.2) is 12.6 Å². The highest BCUT2D eigenvalue weighted by Crippen LogP contribution is 2.61. The van der Waals surface area contributed by atoms with Gasteiger partial charge in [0.25, 0.3) is 0 Å². The van der Waals surface area contributed by atoms with Crippen LogP contribution in [0.3, 0.4) is 0 Å². The summed E-state index contributed by atoms with van der Waals surface area (Å²) in [4.78, 5) is 12.1. The fourth-order valence-electron chi connectivity index (χ4n) is 3.95. The van der Waals surface area contributed by atoms with Crippen molar-refractivity contribution in [3.8, 4) is 0 Å². The van der Waals surface area contributed by atoms with Crippen LogP contribution in [0.15, 0.2) is 12.2 Å². The summed E-state index contributed by atoms with van der Waals surface area (Å²) in [6.07, 6.45) is 12.4. The minimum absolute atomic E-state index is 0.0952. The molecule has 2 atom stereocenters. The van der Waals surface area contributed by atoms with Gasteiger partial charge in [0.15, 0.2) is 0 Å². The Hall–Kier alpha value is -0.790. The molecule has 1 saturated carbocycles. The lowest BCUT2D eigenvalue weighted by atomic mass is 9.49. The van der Waals surface area contributed by atoms with Gasteiger partial charge in [-0.15, -0.1) is 0 Å². The minimum Gasteiger partial charge on any atom is -0.465 e. The van der Waals surface area contributed by atoms with E-state index in [0.29, 0.717) is 6.61 Å². The van der Waals surface area contributed by atoms with E-state index in [0.717, 1.165) is 25.7 Å². The normalized spacial score (nSPS) is 44.1. The van der Waals surface area contributed by atoms with Crippen LogP contribution >= 0.6 is 0 Å². The summed E-state index contributed by atoms with van der Waals surface area (Å²) in [6.45, 7) is 0.647. The number of carbonyl (C=O) groups is 1. The second kappa shape index (κ2) is 3.10. The number of rotatable bonds is 0. The van der Waals surface area contributed by atoms with Crippen LogP contribution in [-0.2, 0) is 9.53 Å². The average Bonchev–Trinajstić information content (AvgIpc) is 2.28. The Morgan fingerprint density at radius 1 is 1.07 bits per heavy atom. The van der Waals surface area contributed by atoms with Crippen molar-refractivity contribution in [1.29, 1.82) is 0 Å². The molecule has 2 aliphatic carbocycles. The Labute approximate surface area is 90.7 Å². The van der Waals surface area contributed by atoms with Gasteiger partial charge in [0.1, 0.15) is 0 Å². The van der Waals surface area contributed by atoms with Crippen LogP contribution in [0.5, 0.6) is 0 Å². The van der Waals surface area contributed by atoms with Crippen molar-refractivity contribution < 1.29 is 9.53 Å². The van der Waals surface area contributed by atoms with Gasteiger partial charge in [-0.1, -0.05) is 25.0 Å². The summed E-state index contributed by atoms with van der Waals surface area (Å²) in [7, 11) is 0. The van der Waals surface area contributed by atoms with Gasteiger partial charge in [-0.25, -0.2) is 0 Å². The van der Waals surface area contributed by atoms with Crippen LogP contribution in [0, 0.1) is 10.8 Å². The summed E-state index contributed by atoms with van der Waals surface area (Å²) in [5.74, 6) is 0.0952. The molecule has 0 N–H and O–H groups in total. The predicted octanol–water partition coefficient (Wildman–Crippen LogP) is 2.83. The molecule has 0 spiro atoms. The molecule has 0 aromatic heterocycles. The monoisotopic (exact) mass is 206 g/mol. The van der Waals surface area contributed by atoms with Crippen molar-refractivity contribution in [2.24, 2.45) is 10.8 Å². The van der Waals surface area contributed by atoms with Crippen molar-refractivity contribution in [2.75, 3.05) is 6.61 Å². The molecule has 1 saturated heterocycles. The second-order valence-corrected chi connectivity index (χ2v) is 5.34. The van der Waals surface area contributed by atoms with Gasteiger partial charge in [0.05, 0.1) is 12.0 Å². The molecule has 0 aromatic carbocycles. The van der Waals surface area contributed by atoms with Gasteiger partial charge >= 0.3 is 5.97 Å². The summed E-state index contributed by atoms with van der Waals surface area (Å²) >= 11 is 0. The number of cyclic esters (lactones) is 1. The number of ether oxygens (including phenoxy) is 1. The van der Waals surface area contributed by atoms with E-state index in [1.54, 1.807) is 0 Å². The molecule has 1 aliphatic heterocycles. The van der Waals surface area contributed by atoms with Crippen LogP contribution in [0.25, 0.3) is 0 Å². The molecule has 2 nitrogen and oxygen atoms in total. The first kappa shape index (κ1) is 9.44. The maximum atomic E-state index is 12.1. The molecule has 2 heteroatoms. The summed E-state index contributed by atoms with van der Waals surface area (Å²) in [6, 6.07) is 0. The Balaban J connectivity index is 2.07. The molecule has 0 amide bonds. The van der Waals surface area contributed by atoms with Gasteiger partial charge in [-0.3, -0.25) is 4.79 Å². The summed E-state index contributed by atoms with van der Waals surface area (Å²) < 4.78 is 5.33. The van der Waals surface area contributed by atoms with Crippen LogP contribution in [0.2, 0.25) is 0 Å². The first-order valence-corrected chi connectivity index (χ1v) is 6.11. The number of allylic oxidation sites excluding steroid dienone is 2. The molecule has 1 heterocycles. The Bertz CT molecular complexity index is 316.